The molecule has 0 atom stereocenters. The number of hydrogen-bond acceptors (Lipinski definition) is 5. The van der Waals surface area contributed by atoms with Gasteiger partial charge in [-0.1, -0.05) is 0 Å². The summed E-state index contributed by atoms with van der Waals surface area (Å²) >= 11 is 1.72. The molecule has 2 heterocycles. The maximum absolute atomic E-state index is 4.34. The number of aryl methyl sites for hydroxylation is 1. The number of anilines is 1. The van der Waals surface area contributed by atoms with E-state index in [9.17, 15) is 0 Å². The lowest BCUT2D eigenvalue weighted by Crippen LogP contribution is -2.13. The van der Waals surface area contributed by atoms with E-state index < -0.39 is 0 Å². The topological polar surface area (TPSA) is 49.8 Å². The maximum atomic E-state index is 4.34. The summed E-state index contributed by atoms with van der Waals surface area (Å²) in [5.41, 5.74) is 2.36. The maximum Gasteiger partial charge on any atom is 0.222 e. The molecule has 2 aromatic rings. The van der Waals surface area contributed by atoms with Gasteiger partial charge in [0.1, 0.15) is 0 Å². The van der Waals surface area contributed by atoms with Crippen LogP contribution in [0.3, 0.4) is 0 Å². The van der Waals surface area contributed by atoms with Crippen molar-refractivity contribution in [3.8, 4) is 10.4 Å². The van der Waals surface area contributed by atoms with E-state index in [1.807, 2.05) is 19.4 Å². The Morgan fingerprint density at radius 1 is 1.22 bits per heavy atom. The molecule has 0 spiro atoms. The first kappa shape index (κ1) is 13.0. The molecule has 0 amide bonds. The fraction of sp³-hybridized carbons (Fsp3) is 0.385. The molecule has 0 fully saturated rings. The van der Waals surface area contributed by atoms with Crippen LogP contribution in [0.5, 0.6) is 0 Å². The summed E-state index contributed by atoms with van der Waals surface area (Å²) in [6.45, 7) is 3.99. The quantitative estimate of drug-likeness (QED) is 0.785. The summed E-state index contributed by atoms with van der Waals surface area (Å²) in [5, 5.41) is 8.41. The average Bonchev–Trinajstić information content (AvgIpc) is 2.82. The highest BCUT2D eigenvalue weighted by Gasteiger charge is 2.04. The average molecular weight is 262 g/mol. The lowest BCUT2D eigenvalue weighted by molar-refractivity contribution is 0.745. The zero-order chi connectivity index (χ0) is 12.8. The van der Waals surface area contributed by atoms with Crippen molar-refractivity contribution in [1.29, 1.82) is 0 Å². The molecule has 2 N–H and O–H groups in total. The van der Waals surface area contributed by atoms with Crippen molar-refractivity contribution in [3.63, 3.8) is 0 Å². The van der Waals surface area contributed by atoms with Gasteiger partial charge in [0, 0.05) is 29.4 Å². The Hall–Kier alpha value is -1.46. The molecule has 0 aliphatic heterocycles. The van der Waals surface area contributed by atoms with Crippen LogP contribution in [0.15, 0.2) is 23.8 Å². The van der Waals surface area contributed by atoms with Gasteiger partial charge in [-0.15, -0.1) is 11.3 Å². The van der Waals surface area contributed by atoms with Gasteiger partial charge in [-0.25, -0.2) is 9.97 Å². The van der Waals surface area contributed by atoms with Gasteiger partial charge in [0.15, 0.2) is 0 Å². The highest BCUT2D eigenvalue weighted by Crippen LogP contribution is 2.27. The summed E-state index contributed by atoms with van der Waals surface area (Å²) in [4.78, 5) is 9.92. The fourth-order valence-electron chi connectivity index (χ4n) is 1.67. The van der Waals surface area contributed by atoms with Crippen LogP contribution in [0, 0.1) is 6.92 Å². The van der Waals surface area contributed by atoms with Gasteiger partial charge in [-0.3, -0.25) is 0 Å². The number of nitrogens with one attached hydrogen (secondary N) is 2. The number of hydrogen-bond donors (Lipinski definition) is 2. The predicted molar refractivity (Wildman–Crippen MR) is 77.1 cm³/mol. The third-order valence-corrected chi connectivity index (χ3v) is 3.73. The van der Waals surface area contributed by atoms with Crippen LogP contribution in [0.2, 0.25) is 0 Å². The van der Waals surface area contributed by atoms with E-state index in [-0.39, 0.29) is 0 Å². The molecule has 96 valence electrons. The van der Waals surface area contributed by atoms with Crippen molar-refractivity contribution in [3.05, 3.63) is 29.4 Å². The first-order valence-electron chi connectivity index (χ1n) is 6.06. The molecule has 0 aromatic carbocycles. The van der Waals surface area contributed by atoms with Crippen LogP contribution in [0.1, 0.15) is 12.0 Å². The summed E-state index contributed by atoms with van der Waals surface area (Å²) in [6.07, 6.45) is 4.82. The van der Waals surface area contributed by atoms with Crippen LogP contribution < -0.4 is 10.6 Å². The Balaban J connectivity index is 1.96. The van der Waals surface area contributed by atoms with Crippen molar-refractivity contribution < 1.29 is 0 Å². The van der Waals surface area contributed by atoms with Crippen LogP contribution in [0.25, 0.3) is 10.4 Å². The minimum atomic E-state index is 0.698. The Morgan fingerprint density at radius 2 is 2.00 bits per heavy atom. The lowest BCUT2D eigenvalue weighted by Gasteiger charge is -2.05. The molecule has 2 rings (SSSR count). The van der Waals surface area contributed by atoms with E-state index >= 15 is 0 Å². The second-order valence-corrected chi connectivity index (χ2v) is 5.03. The molecular weight excluding hydrogens is 244 g/mol. The zero-order valence-corrected chi connectivity index (χ0v) is 11.5. The van der Waals surface area contributed by atoms with Crippen LogP contribution in [-0.4, -0.2) is 30.1 Å². The minimum absolute atomic E-state index is 0.698. The zero-order valence-electron chi connectivity index (χ0n) is 10.7. The highest BCUT2D eigenvalue weighted by atomic mass is 32.1. The van der Waals surface area contributed by atoms with Gasteiger partial charge in [0.05, 0.1) is 0 Å². The molecule has 2 aromatic heterocycles. The van der Waals surface area contributed by atoms with Gasteiger partial charge in [0.25, 0.3) is 0 Å². The molecule has 0 saturated carbocycles. The van der Waals surface area contributed by atoms with E-state index in [2.05, 4.69) is 39.0 Å². The minimum Gasteiger partial charge on any atom is -0.354 e. The smallest absolute Gasteiger partial charge is 0.222 e. The van der Waals surface area contributed by atoms with Crippen molar-refractivity contribution in [2.75, 3.05) is 25.5 Å². The highest BCUT2D eigenvalue weighted by molar-refractivity contribution is 7.13. The SMILES string of the molecule is CNCCCNc1ncc(-c2sccc2C)cn1. The lowest BCUT2D eigenvalue weighted by atomic mass is 10.2. The van der Waals surface area contributed by atoms with Gasteiger partial charge < -0.3 is 10.6 Å². The normalized spacial score (nSPS) is 10.6. The Bertz CT molecular complexity index is 478. The van der Waals surface area contributed by atoms with Crippen LogP contribution in [-0.2, 0) is 0 Å². The third-order valence-electron chi connectivity index (χ3n) is 2.66. The molecular formula is C13H18N4S. The van der Waals surface area contributed by atoms with E-state index in [1.165, 1.54) is 10.4 Å². The second-order valence-electron chi connectivity index (χ2n) is 4.11. The molecule has 0 aliphatic rings. The number of nitrogens with zero attached hydrogens (tertiary/aromatic N) is 2. The van der Waals surface area contributed by atoms with Crippen LogP contribution in [0.4, 0.5) is 5.95 Å². The molecule has 18 heavy (non-hydrogen) atoms. The molecule has 0 unspecified atom stereocenters. The van der Waals surface area contributed by atoms with E-state index in [1.54, 1.807) is 11.3 Å². The summed E-state index contributed by atoms with van der Waals surface area (Å²) in [7, 11) is 1.95. The van der Waals surface area contributed by atoms with E-state index in [0.29, 0.717) is 5.95 Å². The Labute approximate surface area is 111 Å². The van der Waals surface area contributed by atoms with E-state index in [0.717, 1.165) is 25.1 Å². The summed E-state index contributed by atoms with van der Waals surface area (Å²) < 4.78 is 0. The number of aromatic nitrogens is 2. The molecule has 0 bridgehead atoms. The Kier molecular flexibility index (Phi) is 4.66. The van der Waals surface area contributed by atoms with Gasteiger partial charge in [0.2, 0.25) is 5.95 Å². The molecule has 4 nitrogen and oxygen atoms in total. The van der Waals surface area contributed by atoms with Crippen LogP contribution >= 0.6 is 11.3 Å². The van der Waals surface area contributed by atoms with Gasteiger partial charge >= 0.3 is 0 Å². The van der Waals surface area contributed by atoms with Crippen molar-refractivity contribution in [1.82, 2.24) is 15.3 Å². The molecule has 0 aliphatic carbocycles. The molecule has 0 saturated heterocycles. The monoisotopic (exact) mass is 262 g/mol. The van der Waals surface area contributed by atoms with Gasteiger partial charge in [-0.2, -0.15) is 0 Å². The summed E-state index contributed by atoms with van der Waals surface area (Å²) in [6, 6.07) is 2.11. The standard InChI is InChI=1S/C13H18N4S/c1-10-4-7-18-12(10)11-8-16-13(17-9-11)15-6-3-5-14-2/h4,7-9,14H,3,5-6H2,1-2H3,(H,15,16,17). The number of thiophene rings is 1. The molecule has 5 heteroatoms. The van der Waals surface area contributed by atoms with Crippen molar-refractivity contribution in [2.24, 2.45) is 0 Å². The van der Waals surface area contributed by atoms with Crippen molar-refractivity contribution in [2.45, 2.75) is 13.3 Å². The first-order chi connectivity index (χ1) is 8.81. The molecule has 0 radical (unpaired) electrons. The van der Waals surface area contributed by atoms with E-state index in [4.69, 9.17) is 0 Å². The first-order valence-corrected chi connectivity index (χ1v) is 6.94. The van der Waals surface area contributed by atoms with Crippen molar-refractivity contribution >= 4 is 17.3 Å². The second kappa shape index (κ2) is 6.47. The van der Waals surface area contributed by atoms with Gasteiger partial charge in [-0.05, 0) is 43.9 Å². The third kappa shape index (κ3) is 3.27. The fourth-order valence-corrected chi connectivity index (χ4v) is 2.57. The Morgan fingerprint density at radius 3 is 2.61 bits per heavy atom. The predicted octanol–water partition coefficient (Wildman–Crippen LogP) is 2.53. The largest absolute Gasteiger partial charge is 0.354 e. The number of rotatable bonds is 6. The summed E-state index contributed by atoms with van der Waals surface area (Å²) in [5.74, 6) is 0.698.